The summed E-state index contributed by atoms with van der Waals surface area (Å²) in [5, 5.41) is 4.10. The Kier molecular flexibility index (Phi) is 9.91. The van der Waals surface area contributed by atoms with Gasteiger partial charge >= 0.3 is 0 Å². The third-order valence-corrected chi connectivity index (χ3v) is 5.64. The summed E-state index contributed by atoms with van der Waals surface area (Å²) < 4.78 is 0. The van der Waals surface area contributed by atoms with Gasteiger partial charge < -0.3 is 15.1 Å². The molecule has 1 aliphatic rings. The van der Waals surface area contributed by atoms with Crippen molar-refractivity contribution in [2.75, 3.05) is 27.2 Å². The molecular formula is C23H30ClIN4O. The third kappa shape index (κ3) is 6.60. The van der Waals surface area contributed by atoms with Gasteiger partial charge in [0, 0.05) is 51.7 Å². The minimum atomic E-state index is 0. The van der Waals surface area contributed by atoms with Gasteiger partial charge in [-0.15, -0.1) is 24.0 Å². The first-order valence-electron chi connectivity index (χ1n) is 10.1. The molecule has 1 aliphatic heterocycles. The minimum absolute atomic E-state index is 0. The van der Waals surface area contributed by atoms with Crippen LogP contribution in [0.5, 0.6) is 0 Å². The summed E-state index contributed by atoms with van der Waals surface area (Å²) >= 11 is 6.25. The van der Waals surface area contributed by atoms with E-state index in [-0.39, 0.29) is 29.9 Å². The molecule has 0 spiro atoms. The summed E-state index contributed by atoms with van der Waals surface area (Å²) in [7, 11) is 3.75. The van der Waals surface area contributed by atoms with Gasteiger partial charge in [0.05, 0.1) is 0 Å². The number of halogens is 2. The molecule has 5 nitrogen and oxygen atoms in total. The van der Waals surface area contributed by atoms with E-state index in [1.165, 1.54) is 11.1 Å². The number of carbonyl (C=O) groups is 1. The second kappa shape index (κ2) is 12.2. The van der Waals surface area contributed by atoms with Crippen LogP contribution in [0.2, 0.25) is 5.02 Å². The Morgan fingerprint density at radius 2 is 1.87 bits per heavy atom. The molecular weight excluding hydrogens is 511 g/mol. The van der Waals surface area contributed by atoms with E-state index in [1.54, 1.807) is 7.05 Å². The molecule has 0 saturated heterocycles. The van der Waals surface area contributed by atoms with E-state index in [0.717, 1.165) is 42.5 Å². The lowest BCUT2D eigenvalue weighted by Gasteiger charge is -2.29. The van der Waals surface area contributed by atoms with Crippen LogP contribution in [0.4, 0.5) is 0 Å². The molecule has 0 fully saturated rings. The van der Waals surface area contributed by atoms with E-state index in [4.69, 9.17) is 11.6 Å². The lowest BCUT2D eigenvalue weighted by Crippen LogP contribution is -2.39. The summed E-state index contributed by atoms with van der Waals surface area (Å²) in [6, 6.07) is 16.2. The summed E-state index contributed by atoms with van der Waals surface area (Å²) in [6.07, 6.45) is 2.26. The molecule has 0 aliphatic carbocycles. The zero-order chi connectivity index (χ0) is 20.6. The zero-order valence-electron chi connectivity index (χ0n) is 17.6. The Hall–Kier alpha value is -1.80. The van der Waals surface area contributed by atoms with E-state index in [0.29, 0.717) is 19.5 Å². The van der Waals surface area contributed by atoms with E-state index >= 15 is 0 Å². The van der Waals surface area contributed by atoms with Crippen molar-refractivity contribution in [2.45, 2.75) is 32.4 Å². The molecule has 1 amide bonds. The van der Waals surface area contributed by atoms with Crippen molar-refractivity contribution in [1.29, 1.82) is 0 Å². The Morgan fingerprint density at radius 3 is 2.60 bits per heavy atom. The van der Waals surface area contributed by atoms with Crippen LogP contribution in [0.15, 0.2) is 53.5 Å². The van der Waals surface area contributed by atoms with Crippen molar-refractivity contribution in [3.63, 3.8) is 0 Å². The fourth-order valence-corrected chi connectivity index (χ4v) is 3.84. The van der Waals surface area contributed by atoms with Crippen molar-refractivity contribution >= 4 is 47.4 Å². The number of hydrogen-bond acceptors (Lipinski definition) is 2. The number of nitrogens with one attached hydrogen (secondary N) is 1. The van der Waals surface area contributed by atoms with Crippen molar-refractivity contribution in [2.24, 2.45) is 4.99 Å². The first-order chi connectivity index (χ1) is 14.1. The lowest BCUT2D eigenvalue weighted by molar-refractivity contribution is -0.132. The Balaban J connectivity index is 0.00000320. The molecule has 0 atom stereocenters. The molecule has 0 unspecified atom stereocenters. The number of fused-ring (bicyclic) bond motifs is 1. The van der Waals surface area contributed by atoms with Crippen LogP contribution < -0.4 is 5.32 Å². The summed E-state index contributed by atoms with van der Waals surface area (Å²) in [5.41, 5.74) is 3.69. The highest BCUT2D eigenvalue weighted by molar-refractivity contribution is 14.0. The predicted molar refractivity (Wildman–Crippen MR) is 134 cm³/mol. The summed E-state index contributed by atoms with van der Waals surface area (Å²) in [6.45, 7) is 2.91. The first kappa shape index (κ1) is 24.5. The summed E-state index contributed by atoms with van der Waals surface area (Å²) in [4.78, 5) is 20.9. The van der Waals surface area contributed by atoms with Crippen LogP contribution in [-0.2, 0) is 24.3 Å². The Bertz CT molecular complexity index is 874. The minimum Gasteiger partial charge on any atom is -0.356 e. The predicted octanol–water partition coefficient (Wildman–Crippen LogP) is 4.33. The quantitative estimate of drug-likeness (QED) is 0.257. The molecule has 3 rings (SSSR count). The molecule has 7 heteroatoms. The molecule has 0 bridgehead atoms. The van der Waals surface area contributed by atoms with E-state index in [2.05, 4.69) is 28.5 Å². The lowest BCUT2D eigenvalue weighted by atomic mass is 9.99. The molecule has 0 aromatic heterocycles. The van der Waals surface area contributed by atoms with Gasteiger partial charge in [0.25, 0.3) is 0 Å². The molecule has 162 valence electrons. The topological polar surface area (TPSA) is 47.9 Å². The van der Waals surface area contributed by atoms with Crippen LogP contribution in [-0.4, -0.2) is 48.9 Å². The molecule has 2 aromatic carbocycles. The van der Waals surface area contributed by atoms with Crippen LogP contribution in [0.25, 0.3) is 0 Å². The van der Waals surface area contributed by atoms with E-state index in [9.17, 15) is 4.79 Å². The van der Waals surface area contributed by atoms with Gasteiger partial charge in [0.1, 0.15) is 0 Å². The number of nitrogens with zero attached hydrogens (tertiary/aromatic N) is 3. The van der Waals surface area contributed by atoms with Gasteiger partial charge in [-0.2, -0.15) is 0 Å². The maximum atomic E-state index is 12.6. The largest absolute Gasteiger partial charge is 0.356 e. The summed E-state index contributed by atoms with van der Waals surface area (Å²) in [5.74, 6) is 1.02. The molecule has 2 aromatic rings. The van der Waals surface area contributed by atoms with Crippen molar-refractivity contribution in [1.82, 2.24) is 15.1 Å². The molecule has 0 radical (unpaired) electrons. The molecule has 30 heavy (non-hydrogen) atoms. The number of hydrogen-bond donors (Lipinski definition) is 1. The monoisotopic (exact) mass is 540 g/mol. The van der Waals surface area contributed by atoms with Crippen LogP contribution in [0.3, 0.4) is 0 Å². The normalized spacial score (nSPS) is 13.3. The van der Waals surface area contributed by atoms with Crippen molar-refractivity contribution in [3.8, 4) is 0 Å². The van der Waals surface area contributed by atoms with Gasteiger partial charge in [-0.25, -0.2) is 0 Å². The van der Waals surface area contributed by atoms with Crippen LogP contribution >= 0.6 is 35.6 Å². The number of guanidine groups is 1. The Morgan fingerprint density at radius 1 is 1.17 bits per heavy atom. The average Bonchev–Trinajstić information content (AvgIpc) is 2.74. The van der Waals surface area contributed by atoms with Crippen molar-refractivity contribution < 1.29 is 4.79 Å². The van der Waals surface area contributed by atoms with Crippen LogP contribution in [0, 0.1) is 0 Å². The molecule has 0 saturated carbocycles. The standard InChI is InChI=1S/C23H29ClN4O.HI/c1-25-23(27(2)16-20-10-5-6-11-21(20)24)26-14-7-12-22(29)28-15-13-18-8-3-4-9-19(18)17-28;/h3-6,8-11H,7,12-17H2,1-2H3,(H,25,26);1H. The number of benzene rings is 2. The fraction of sp³-hybridized carbons (Fsp3) is 0.391. The van der Waals surface area contributed by atoms with Gasteiger partial charge in [-0.05, 0) is 35.6 Å². The first-order valence-corrected chi connectivity index (χ1v) is 10.5. The zero-order valence-corrected chi connectivity index (χ0v) is 20.7. The number of amides is 1. The van der Waals surface area contributed by atoms with E-state index < -0.39 is 0 Å². The van der Waals surface area contributed by atoms with Gasteiger partial charge in [-0.3, -0.25) is 9.79 Å². The maximum Gasteiger partial charge on any atom is 0.222 e. The fourth-order valence-electron chi connectivity index (χ4n) is 3.65. The number of rotatable bonds is 6. The smallest absolute Gasteiger partial charge is 0.222 e. The highest BCUT2D eigenvalue weighted by Crippen LogP contribution is 2.19. The van der Waals surface area contributed by atoms with Crippen LogP contribution in [0.1, 0.15) is 29.5 Å². The maximum absolute atomic E-state index is 12.6. The second-order valence-corrected chi connectivity index (χ2v) is 7.77. The second-order valence-electron chi connectivity index (χ2n) is 7.36. The van der Waals surface area contributed by atoms with Crippen molar-refractivity contribution in [3.05, 3.63) is 70.2 Å². The Labute approximate surface area is 201 Å². The number of aliphatic imine (C=N–C) groups is 1. The highest BCUT2D eigenvalue weighted by Gasteiger charge is 2.19. The highest BCUT2D eigenvalue weighted by atomic mass is 127. The van der Waals surface area contributed by atoms with Gasteiger partial charge in [-0.1, -0.05) is 54.1 Å². The van der Waals surface area contributed by atoms with E-state index in [1.807, 2.05) is 47.2 Å². The number of carbonyl (C=O) groups excluding carboxylic acids is 1. The SMILES string of the molecule is CN=C(NCCCC(=O)N1CCc2ccccc2C1)N(C)Cc1ccccc1Cl.I. The third-order valence-electron chi connectivity index (χ3n) is 5.27. The van der Waals surface area contributed by atoms with Gasteiger partial charge in [0.15, 0.2) is 5.96 Å². The van der Waals surface area contributed by atoms with Gasteiger partial charge in [0.2, 0.25) is 5.91 Å². The molecule has 1 N–H and O–H groups in total. The molecule has 1 heterocycles. The average molecular weight is 541 g/mol.